The lowest BCUT2D eigenvalue weighted by atomic mass is 10.3. The summed E-state index contributed by atoms with van der Waals surface area (Å²) in [7, 11) is 0. The molecular weight excluding hydrogens is 244 g/mol. The van der Waals surface area contributed by atoms with E-state index in [1.54, 1.807) is 11.3 Å². The van der Waals surface area contributed by atoms with Crippen molar-refractivity contribution in [1.82, 2.24) is 14.5 Å². The van der Waals surface area contributed by atoms with E-state index in [-0.39, 0.29) is 6.04 Å². The van der Waals surface area contributed by atoms with Crippen molar-refractivity contribution < 1.29 is 0 Å². The summed E-state index contributed by atoms with van der Waals surface area (Å²) in [6.07, 6.45) is 6.24. The van der Waals surface area contributed by atoms with Crippen molar-refractivity contribution >= 4 is 17.3 Å². The Morgan fingerprint density at radius 3 is 3.00 bits per heavy atom. The number of aryl methyl sites for hydroxylation is 2. The zero-order valence-electron chi connectivity index (χ0n) is 11.2. The molecule has 1 unspecified atom stereocenters. The quantitative estimate of drug-likeness (QED) is 0.866. The second kappa shape index (κ2) is 6.00. The third kappa shape index (κ3) is 3.10. The van der Waals surface area contributed by atoms with Crippen LogP contribution in [0.3, 0.4) is 0 Å². The predicted molar refractivity (Wildman–Crippen MR) is 76.0 cm³/mol. The third-order valence-electron chi connectivity index (χ3n) is 2.82. The molecule has 2 aromatic heterocycles. The first-order valence-corrected chi connectivity index (χ1v) is 7.28. The van der Waals surface area contributed by atoms with Crippen molar-refractivity contribution in [2.24, 2.45) is 0 Å². The fourth-order valence-corrected chi connectivity index (χ4v) is 2.59. The summed E-state index contributed by atoms with van der Waals surface area (Å²) < 4.78 is 2.17. The van der Waals surface area contributed by atoms with Crippen molar-refractivity contribution in [3.8, 4) is 0 Å². The van der Waals surface area contributed by atoms with Gasteiger partial charge in [0.2, 0.25) is 5.95 Å². The number of imidazole rings is 1. The number of rotatable bonds is 6. The topological polar surface area (TPSA) is 42.7 Å². The Balaban J connectivity index is 2.02. The highest BCUT2D eigenvalue weighted by atomic mass is 32.1. The lowest BCUT2D eigenvalue weighted by molar-refractivity contribution is 0.630. The minimum atomic E-state index is 0.200. The summed E-state index contributed by atoms with van der Waals surface area (Å²) in [4.78, 5) is 8.87. The molecule has 0 bridgehead atoms. The van der Waals surface area contributed by atoms with E-state index in [4.69, 9.17) is 0 Å². The van der Waals surface area contributed by atoms with E-state index >= 15 is 0 Å². The zero-order valence-corrected chi connectivity index (χ0v) is 12.0. The minimum absolute atomic E-state index is 0.200. The molecule has 0 aliphatic carbocycles. The van der Waals surface area contributed by atoms with Gasteiger partial charge in [-0.15, -0.1) is 11.3 Å². The number of hydrogen-bond acceptors (Lipinski definition) is 4. The van der Waals surface area contributed by atoms with Crippen LogP contribution in [0.1, 0.15) is 43.4 Å². The van der Waals surface area contributed by atoms with Crippen molar-refractivity contribution in [1.29, 1.82) is 0 Å². The maximum absolute atomic E-state index is 4.50. The van der Waals surface area contributed by atoms with Crippen LogP contribution in [0.15, 0.2) is 17.8 Å². The van der Waals surface area contributed by atoms with Crippen molar-refractivity contribution in [2.75, 3.05) is 5.32 Å². The van der Waals surface area contributed by atoms with Gasteiger partial charge in [-0.1, -0.05) is 13.3 Å². The Kier molecular flexibility index (Phi) is 4.36. The van der Waals surface area contributed by atoms with Gasteiger partial charge in [-0.3, -0.25) is 0 Å². The lowest BCUT2D eigenvalue weighted by Crippen LogP contribution is -2.11. The zero-order chi connectivity index (χ0) is 13.0. The Labute approximate surface area is 112 Å². The van der Waals surface area contributed by atoms with Crippen LogP contribution in [-0.4, -0.2) is 14.5 Å². The second-order valence-corrected chi connectivity index (χ2v) is 5.38. The molecule has 4 nitrogen and oxygen atoms in total. The summed E-state index contributed by atoms with van der Waals surface area (Å²) in [6.45, 7) is 7.36. The number of thiazole rings is 1. The molecule has 2 rings (SSSR count). The van der Waals surface area contributed by atoms with Gasteiger partial charge in [0.05, 0.1) is 6.04 Å². The molecule has 0 aliphatic heterocycles. The minimum Gasteiger partial charge on any atom is -0.347 e. The summed E-state index contributed by atoms with van der Waals surface area (Å²) in [6, 6.07) is 0.200. The molecule has 2 heterocycles. The highest BCUT2D eigenvalue weighted by Gasteiger charge is 2.11. The fraction of sp³-hybridized carbons (Fsp3) is 0.538. The summed E-state index contributed by atoms with van der Waals surface area (Å²) in [5.41, 5.74) is 1.08. The van der Waals surface area contributed by atoms with Crippen LogP contribution < -0.4 is 5.32 Å². The van der Waals surface area contributed by atoms with Gasteiger partial charge in [0, 0.05) is 30.0 Å². The van der Waals surface area contributed by atoms with E-state index in [2.05, 4.69) is 39.1 Å². The third-order valence-corrected chi connectivity index (χ3v) is 3.97. The van der Waals surface area contributed by atoms with Gasteiger partial charge < -0.3 is 9.88 Å². The van der Waals surface area contributed by atoms with Crippen LogP contribution in [0.4, 0.5) is 5.95 Å². The van der Waals surface area contributed by atoms with Gasteiger partial charge in [-0.25, -0.2) is 9.97 Å². The molecule has 0 radical (unpaired) electrons. The highest BCUT2D eigenvalue weighted by Crippen LogP contribution is 2.21. The highest BCUT2D eigenvalue weighted by molar-refractivity contribution is 7.09. The Bertz CT molecular complexity index is 489. The van der Waals surface area contributed by atoms with Crippen LogP contribution >= 0.6 is 11.3 Å². The van der Waals surface area contributed by atoms with E-state index in [0.717, 1.165) is 23.2 Å². The Morgan fingerprint density at radius 2 is 2.33 bits per heavy atom. The van der Waals surface area contributed by atoms with Crippen molar-refractivity contribution in [3.05, 3.63) is 28.5 Å². The van der Waals surface area contributed by atoms with Crippen LogP contribution in [0, 0.1) is 6.92 Å². The molecule has 0 aromatic carbocycles. The van der Waals surface area contributed by atoms with Gasteiger partial charge in [0.1, 0.15) is 5.01 Å². The van der Waals surface area contributed by atoms with Crippen LogP contribution in [0.25, 0.3) is 0 Å². The van der Waals surface area contributed by atoms with Gasteiger partial charge in [0.15, 0.2) is 0 Å². The van der Waals surface area contributed by atoms with Gasteiger partial charge in [-0.2, -0.15) is 0 Å². The Hall–Kier alpha value is -1.36. The normalized spacial score (nSPS) is 12.6. The maximum atomic E-state index is 4.50. The molecule has 0 saturated heterocycles. The second-order valence-electron chi connectivity index (χ2n) is 4.49. The molecular formula is C13H20N4S. The molecule has 5 heteroatoms. The molecule has 98 valence electrons. The van der Waals surface area contributed by atoms with E-state index in [1.807, 2.05) is 19.3 Å². The first kappa shape index (κ1) is 13.1. The molecule has 0 aliphatic rings. The van der Waals surface area contributed by atoms with Crippen molar-refractivity contribution in [2.45, 2.75) is 46.2 Å². The molecule has 0 amide bonds. The molecule has 2 aromatic rings. The average Bonchev–Trinajstić information content (AvgIpc) is 2.96. The first-order chi connectivity index (χ1) is 8.70. The average molecular weight is 264 g/mol. The number of nitrogens with one attached hydrogen (secondary N) is 1. The van der Waals surface area contributed by atoms with Gasteiger partial charge >= 0.3 is 0 Å². The standard InChI is InChI=1S/C13H20N4S/c1-4-5-7-17-8-6-14-13(17)16-11(3)12-15-10(2)9-18-12/h6,8-9,11H,4-5,7H2,1-3H3,(H,14,16). The lowest BCUT2D eigenvalue weighted by Gasteiger charge is -2.13. The van der Waals surface area contributed by atoms with E-state index in [1.165, 1.54) is 12.8 Å². The Morgan fingerprint density at radius 1 is 1.50 bits per heavy atom. The van der Waals surface area contributed by atoms with E-state index < -0.39 is 0 Å². The molecule has 1 atom stereocenters. The molecule has 0 fully saturated rings. The SMILES string of the molecule is CCCCn1ccnc1NC(C)c1nc(C)cs1. The molecule has 0 spiro atoms. The van der Waals surface area contributed by atoms with E-state index in [9.17, 15) is 0 Å². The predicted octanol–water partition coefficient (Wildman–Crippen LogP) is 3.62. The number of anilines is 1. The summed E-state index contributed by atoms with van der Waals surface area (Å²) in [5.74, 6) is 0.934. The molecule has 0 saturated carbocycles. The fourth-order valence-electron chi connectivity index (χ4n) is 1.78. The van der Waals surface area contributed by atoms with Crippen LogP contribution in [-0.2, 0) is 6.54 Å². The van der Waals surface area contributed by atoms with Crippen LogP contribution in [0.5, 0.6) is 0 Å². The van der Waals surface area contributed by atoms with Gasteiger partial charge in [-0.05, 0) is 20.3 Å². The number of unbranched alkanes of at least 4 members (excludes halogenated alkanes) is 1. The molecule has 18 heavy (non-hydrogen) atoms. The monoisotopic (exact) mass is 264 g/mol. The van der Waals surface area contributed by atoms with Crippen molar-refractivity contribution in [3.63, 3.8) is 0 Å². The van der Waals surface area contributed by atoms with Crippen LogP contribution in [0.2, 0.25) is 0 Å². The van der Waals surface area contributed by atoms with Gasteiger partial charge in [0.25, 0.3) is 0 Å². The number of aromatic nitrogens is 3. The number of nitrogens with zero attached hydrogens (tertiary/aromatic N) is 3. The maximum Gasteiger partial charge on any atom is 0.203 e. The summed E-state index contributed by atoms with van der Waals surface area (Å²) >= 11 is 1.69. The number of hydrogen-bond donors (Lipinski definition) is 1. The van der Waals surface area contributed by atoms with E-state index in [0.29, 0.717) is 0 Å². The largest absolute Gasteiger partial charge is 0.347 e. The summed E-state index contributed by atoms with van der Waals surface area (Å²) in [5, 5.41) is 6.62. The first-order valence-electron chi connectivity index (χ1n) is 6.40. The smallest absolute Gasteiger partial charge is 0.203 e. The molecule has 1 N–H and O–H groups in total.